The van der Waals surface area contributed by atoms with Gasteiger partial charge < -0.3 is 10.3 Å². The van der Waals surface area contributed by atoms with Crippen LogP contribution < -0.4 is 10.9 Å². The molecule has 3 aromatic rings. The number of nitrogens with one attached hydrogen (secondary N) is 2. The third-order valence-corrected chi connectivity index (χ3v) is 5.38. The Hall–Kier alpha value is -2.99. The minimum atomic E-state index is -0.379. The molecule has 1 amide bonds. The molecule has 6 heteroatoms. The molecule has 0 saturated carbocycles. The predicted octanol–water partition coefficient (Wildman–Crippen LogP) is 2.84. The lowest BCUT2D eigenvalue weighted by Gasteiger charge is -2.20. The van der Waals surface area contributed by atoms with Gasteiger partial charge in [-0.2, -0.15) is 0 Å². The molecule has 1 fully saturated rings. The first kappa shape index (κ1) is 18.4. The van der Waals surface area contributed by atoms with E-state index in [0.29, 0.717) is 19.1 Å². The van der Waals surface area contributed by atoms with E-state index in [9.17, 15) is 9.59 Å². The van der Waals surface area contributed by atoms with Crippen LogP contribution in [-0.2, 0) is 13.1 Å². The molecule has 3 heterocycles. The fraction of sp³-hybridized carbons (Fsp3) is 0.318. The maximum Gasteiger partial charge on any atom is 0.261 e. The summed E-state index contributed by atoms with van der Waals surface area (Å²) in [7, 11) is 0. The molecule has 1 atom stereocenters. The summed E-state index contributed by atoms with van der Waals surface area (Å²) in [4.78, 5) is 34.4. The molecular formula is C22H24N4O2. The van der Waals surface area contributed by atoms with Crippen LogP contribution in [0.3, 0.4) is 0 Å². The third-order valence-electron chi connectivity index (χ3n) is 5.38. The number of carbonyl (C=O) groups is 1. The number of pyridine rings is 2. The number of H-pyrrole nitrogens is 1. The van der Waals surface area contributed by atoms with Gasteiger partial charge in [0.1, 0.15) is 5.56 Å². The van der Waals surface area contributed by atoms with Crippen molar-refractivity contribution in [3.05, 3.63) is 75.8 Å². The summed E-state index contributed by atoms with van der Waals surface area (Å²) in [5.74, 6) is -0.379. The summed E-state index contributed by atoms with van der Waals surface area (Å²) in [6, 6.07) is 13.8. The first-order chi connectivity index (χ1) is 13.6. The van der Waals surface area contributed by atoms with E-state index in [2.05, 4.69) is 27.1 Å². The highest BCUT2D eigenvalue weighted by molar-refractivity contribution is 5.93. The Morgan fingerprint density at radius 3 is 2.93 bits per heavy atom. The number of rotatable bonds is 5. The lowest BCUT2D eigenvalue weighted by Crippen LogP contribution is -2.31. The molecule has 2 N–H and O–H groups in total. The maximum atomic E-state index is 12.4. The summed E-state index contributed by atoms with van der Waals surface area (Å²) in [5, 5.41) is 3.83. The minimum Gasteiger partial charge on any atom is -0.348 e. The van der Waals surface area contributed by atoms with Gasteiger partial charge in [0, 0.05) is 36.4 Å². The zero-order valence-corrected chi connectivity index (χ0v) is 15.9. The van der Waals surface area contributed by atoms with Crippen LogP contribution in [0.5, 0.6) is 0 Å². The Labute approximate surface area is 163 Å². The van der Waals surface area contributed by atoms with Crippen LogP contribution in [0.2, 0.25) is 0 Å². The lowest BCUT2D eigenvalue weighted by molar-refractivity contribution is 0.0949. The van der Waals surface area contributed by atoms with Crippen LogP contribution >= 0.6 is 0 Å². The standard InChI is InChI=1S/C22H24N4O2/c1-15-5-4-10-26(15)14-18-8-9-19(22(28)25-18)21(27)24-13-16-11-17-6-2-3-7-20(17)23-12-16/h2-3,6-9,11-12,15H,4-5,10,13-14H2,1H3,(H,24,27)(H,25,28)/t15-/m1/s1. The van der Waals surface area contributed by atoms with E-state index in [0.717, 1.165) is 28.7 Å². The smallest absolute Gasteiger partial charge is 0.261 e. The zero-order valence-electron chi connectivity index (χ0n) is 15.9. The van der Waals surface area contributed by atoms with Gasteiger partial charge in [-0.15, -0.1) is 0 Å². The van der Waals surface area contributed by atoms with Gasteiger partial charge in [-0.1, -0.05) is 18.2 Å². The highest BCUT2D eigenvalue weighted by atomic mass is 16.2. The van der Waals surface area contributed by atoms with Crippen LogP contribution in [0.15, 0.2) is 53.5 Å². The molecule has 1 saturated heterocycles. The molecule has 2 aromatic heterocycles. The van der Waals surface area contributed by atoms with Crippen LogP contribution in [0, 0.1) is 0 Å². The largest absolute Gasteiger partial charge is 0.348 e. The minimum absolute atomic E-state index is 0.131. The van der Waals surface area contributed by atoms with Crippen LogP contribution in [-0.4, -0.2) is 33.4 Å². The number of amides is 1. The first-order valence-electron chi connectivity index (χ1n) is 9.68. The van der Waals surface area contributed by atoms with Crippen molar-refractivity contribution in [1.82, 2.24) is 20.2 Å². The summed E-state index contributed by atoms with van der Waals surface area (Å²) < 4.78 is 0. The predicted molar refractivity (Wildman–Crippen MR) is 109 cm³/mol. The number of nitrogens with zero attached hydrogens (tertiary/aromatic N) is 2. The van der Waals surface area contributed by atoms with E-state index < -0.39 is 0 Å². The van der Waals surface area contributed by atoms with Gasteiger partial charge in [-0.25, -0.2) is 0 Å². The van der Waals surface area contributed by atoms with Crippen molar-refractivity contribution >= 4 is 16.8 Å². The van der Waals surface area contributed by atoms with E-state index in [4.69, 9.17) is 0 Å². The van der Waals surface area contributed by atoms with Crippen LogP contribution in [0.1, 0.15) is 41.4 Å². The number of hydrogen-bond donors (Lipinski definition) is 2. The number of aromatic amines is 1. The fourth-order valence-corrected chi connectivity index (χ4v) is 3.72. The molecule has 6 nitrogen and oxygen atoms in total. The van der Waals surface area contributed by atoms with Gasteiger partial charge in [0.25, 0.3) is 11.5 Å². The van der Waals surface area contributed by atoms with E-state index in [1.165, 1.54) is 12.8 Å². The van der Waals surface area contributed by atoms with Crippen molar-refractivity contribution in [3.63, 3.8) is 0 Å². The molecule has 28 heavy (non-hydrogen) atoms. The van der Waals surface area contributed by atoms with Gasteiger partial charge in [0.05, 0.1) is 5.52 Å². The Balaban J connectivity index is 1.41. The molecule has 0 aliphatic carbocycles. The van der Waals surface area contributed by atoms with E-state index >= 15 is 0 Å². The first-order valence-corrected chi connectivity index (χ1v) is 9.68. The number of hydrogen-bond acceptors (Lipinski definition) is 4. The molecule has 1 aliphatic rings. The Kier molecular flexibility index (Phi) is 5.21. The van der Waals surface area contributed by atoms with E-state index in [-0.39, 0.29) is 17.0 Å². The number of benzene rings is 1. The summed E-state index contributed by atoms with van der Waals surface area (Å²) in [6.45, 7) is 4.28. The Bertz CT molecular complexity index is 1060. The number of likely N-dealkylation sites (tertiary alicyclic amines) is 1. The number of para-hydroxylation sites is 1. The van der Waals surface area contributed by atoms with Crippen molar-refractivity contribution in [2.24, 2.45) is 0 Å². The SMILES string of the molecule is C[C@@H]1CCCN1Cc1ccc(C(=O)NCc2cnc3ccccc3c2)c(=O)[nH]1. The average Bonchev–Trinajstić information content (AvgIpc) is 3.10. The molecule has 4 rings (SSSR count). The Morgan fingerprint density at radius 2 is 2.14 bits per heavy atom. The van der Waals surface area contributed by atoms with Crippen LogP contribution in [0.4, 0.5) is 0 Å². The topological polar surface area (TPSA) is 78.1 Å². The highest BCUT2D eigenvalue weighted by Crippen LogP contribution is 2.18. The maximum absolute atomic E-state index is 12.4. The van der Waals surface area contributed by atoms with Crippen molar-refractivity contribution in [2.75, 3.05) is 6.54 Å². The Morgan fingerprint density at radius 1 is 1.29 bits per heavy atom. The fourth-order valence-electron chi connectivity index (χ4n) is 3.72. The van der Waals surface area contributed by atoms with Gasteiger partial charge in [-0.05, 0) is 56.1 Å². The molecular weight excluding hydrogens is 352 g/mol. The van der Waals surface area contributed by atoms with Crippen LogP contribution in [0.25, 0.3) is 10.9 Å². The molecule has 0 radical (unpaired) electrons. The highest BCUT2D eigenvalue weighted by Gasteiger charge is 2.20. The normalized spacial score (nSPS) is 17.1. The molecule has 1 aromatic carbocycles. The second-order valence-corrected chi connectivity index (χ2v) is 7.41. The summed E-state index contributed by atoms with van der Waals surface area (Å²) in [6.07, 6.45) is 4.12. The molecule has 1 aliphatic heterocycles. The van der Waals surface area contributed by atoms with Gasteiger partial charge >= 0.3 is 0 Å². The lowest BCUT2D eigenvalue weighted by atomic mass is 10.1. The monoisotopic (exact) mass is 376 g/mol. The number of aromatic nitrogens is 2. The number of carbonyl (C=O) groups excluding carboxylic acids is 1. The third kappa shape index (κ3) is 3.97. The van der Waals surface area contributed by atoms with Crippen molar-refractivity contribution in [3.8, 4) is 0 Å². The molecule has 0 spiro atoms. The second-order valence-electron chi connectivity index (χ2n) is 7.41. The van der Waals surface area contributed by atoms with Gasteiger partial charge in [-0.3, -0.25) is 19.5 Å². The quantitative estimate of drug-likeness (QED) is 0.718. The molecule has 144 valence electrons. The van der Waals surface area contributed by atoms with Crippen molar-refractivity contribution < 1.29 is 4.79 Å². The molecule has 0 unspecified atom stereocenters. The van der Waals surface area contributed by atoms with E-state index in [1.807, 2.05) is 36.4 Å². The van der Waals surface area contributed by atoms with Crippen molar-refractivity contribution in [2.45, 2.75) is 38.9 Å². The summed E-state index contributed by atoms with van der Waals surface area (Å²) >= 11 is 0. The average molecular weight is 376 g/mol. The van der Waals surface area contributed by atoms with E-state index in [1.54, 1.807) is 12.3 Å². The molecule has 0 bridgehead atoms. The summed E-state index contributed by atoms with van der Waals surface area (Å²) in [5.41, 5.74) is 2.43. The second kappa shape index (κ2) is 7.94. The zero-order chi connectivity index (χ0) is 19.5. The van der Waals surface area contributed by atoms with Crippen molar-refractivity contribution in [1.29, 1.82) is 0 Å². The van der Waals surface area contributed by atoms with Gasteiger partial charge in [0.15, 0.2) is 0 Å². The van der Waals surface area contributed by atoms with Gasteiger partial charge in [0.2, 0.25) is 0 Å². The number of fused-ring (bicyclic) bond motifs is 1.